The summed E-state index contributed by atoms with van der Waals surface area (Å²) in [6.45, 7) is 1.51. The summed E-state index contributed by atoms with van der Waals surface area (Å²) >= 11 is 3.28. The Balaban J connectivity index is 2.28. The molecule has 0 aliphatic carbocycles. The molecule has 1 aromatic carbocycles. The zero-order chi connectivity index (χ0) is 18.6. The van der Waals surface area contributed by atoms with E-state index in [4.69, 9.17) is 0 Å². The van der Waals surface area contributed by atoms with Crippen molar-refractivity contribution < 1.29 is 21.2 Å². The van der Waals surface area contributed by atoms with Gasteiger partial charge in [0.05, 0.1) is 5.52 Å². The van der Waals surface area contributed by atoms with Crippen molar-refractivity contribution >= 4 is 47.1 Å². The zero-order valence-corrected chi connectivity index (χ0v) is 16.0. The number of rotatable bonds is 4. The molecular weight excluding hydrogens is 441 g/mol. The Bertz CT molecular complexity index is 1200. The number of fused-ring (bicyclic) bond motifs is 1. The van der Waals surface area contributed by atoms with E-state index in [0.29, 0.717) is 13.9 Å². The number of halogens is 2. The van der Waals surface area contributed by atoms with Crippen molar-refractivity contribution in [3.05, 3.63) is 40.5 Å². The molecule has 134 valence electrons. The van der Waals surface area contributed by atoms with Crippen LogP contribution in [0.2, 0.25) is 0 Å². The van der Waals surface area contributed by atoms with E-state index < -0.39 is 31.2 Å². The van der Waals surface area contributed by atoms with E-state index >= 15 is 0 Å². The number of benzene rings is 1. The third-order valence-electron chi connectivity index (χ3n) is 3.46. The van der Waals surface area contributed by atoms with E-state index in [1.54, 1.807) is 0 Å². The maximum atomic E-state index is 13.6. The number of aromatic nitrogens is 4. The van der Waals surface area contributed by atoms with Crippen LogP contribution in [0.3, 0.4) is 0 Å². The highest BCUT2D eigenvalue weighted by Crippen LogP contribution is 2.33. The molecule has 0 saturated carbocycles. The third-order valence-corrected chi connectivity index (χ3v) is 7.25. The molecule has 0 radical (unpaired) electrons. The van der Waals surface area contributed by atoms with Gasteiger partial charge in [-0.15, -0.1) is 9.19 Å². The van der Waals surface area contributed by atoms with Crippen LogP contribution >= 0.6 is 15.9 Å². The second kappa shape index (κ2) is 5.86. The van der Waals surface area contributed by atoms with Crippen LogP contribution in [0.4, 0.5) is 4.39 Å². The molecule has 0 aliphatic rings. The van der Waals surface area contributed by atoms with Gasteiger partial charge < -0.3 is 0 Å². The van der Waals surface area contributed by atoms with E-state index in [-0.39, 0.29) is 11.2 Å². The molecule has 2 aromatic heterocycles. The summed E-state index contributed by atoms with van der Waals surface area (Å²) in [5.74, 6) is -0.620. The smallest absolute Gasteiger partial charge is 0.234 e. The average molecular weight is 452 g/mol. The fourth-order valence-electron chi connectivity index (χ4n) is 2.28. The molecule has 0 aliphatic heterocycles. The van der Waals surface area contributed by atoms with Crippen molar-refractivity contribution in [1.82, 2.24) is 22.9 Å². The Kier molecular flexibility index (Phi) is 4.21. The molecule has 0 unspecified atom stereocenters. The first-order valence-electron chi connectivity index (χ1n) is 6.67. The van der Waals surface area contributed by atoms with Crippen LogP contribution in [0.15, 0.2) is 34.2 Å². The van der Waals surface area contributed by atoms with Crippen molar-refractivity contribution in [3.8, 4) is 0 Å². The van der Waals surface area contributed by atoms with Gasteiger partial charge in [-0.05, 0) is 41.1 Å². The topological polar surface area (TPSA) is 116 Å². The van der Waals surface area contributed by atoms with Crippen LogP contribution in [-0.2, 0) is 20.2 Å². The van der Waals surface area contributed by atoms with Gasteiger partial charge in [0, 0.05) is 22.6 Å². The van der Waals surface area contributed by atoms with Crippen molar-refractivity contribution in [1.29, 1.82) is 0 Å². The molecule has 13 heteroatoms. The highest BCUT2D eigenvalue weighted by Gasteiger charge is 2.29. The predicted octanol–water partition coefficient (Wildman–Crippen LogP) is 0.992. The lowest BCUT2D eigenvalue weighted by molar-refractivity contribution is 0.566. The summed E-state index contributed by atoms with van der Waals surface area (Å²) in [6, 6.07) is 3.70. The molecule has 0 fully saturated rings. The van der Waals surface area contributed by atoms with Crippen molar-refractivity contribution in [3.63, 3.8) is 0 Å². The molecule has 3 aromatic rings. The van der Waals surface area contributed by atoms with Gasteiger partial charge in [0.2, 0.25) is 0 Å². The van der Waals surface area contributed by atoms with Crippen LogP contribution in [0, 0.1) is 12.7 Å². The van der Waals surface area contributed by atoms with Crippen LogP contribution in [0.25, 0.3) is 10.9 Å². The maximum absolute atomic E-state index is 13.6. The van der Waals surface area contributed by atoms with Gasteiger partial charge in [-0.1, -0.05) is 0 Å². The molecular formula is C12H11BrFN5O4S2. The van der Waals surface area contributed by atoms with Gasteiger partial charge in [-0.3, -0.25) is 0 Å². The minimum atomic E-state index is -4.36. The molecule has 0 spiro atoms. The van der Waals surface area contributed by atoms with Crippen molar-refractivity contribution in [2.75, 3.05) is 7.05 Å². The number of nitrogens with one attached hydrogen (secondary N) is 1. The average Bonchev–Trinajstić information content (AvgIpc) is 3.13. The SMILES string of the molecule is CNS(=O)(=O)n1cnc(S(=O)(=O)n2c(C)c(Br)c3ccc(F)cc32)n1. The number of hydrogen-bond acceptors (Lipinski definition) is 6. The normalized spacial score (nSPS) is 12.8. The van der Waals surface area contributed by atoms with Crippen LogP contribution in [0.1, 0.15) is 5.69 Å². The van der Waals surface area contributed by atoms with E-state index in [9.17, 15) is 21.2 Å². The highest BCUT2D eigenvalue weighted by molar-refractivity contribution is 9.10. The Morgan fingerprint density at radius 2 is 1.92 bits per heavy atom. The Hall–Kier alpha value is -1.83. The Labute approximate surface area is 150 Å². The minimum absolute atomic E-state index is 0.0807. The fraction of sp³-hybridized carbons (Fsp3) is 0.167. The Morgan fingerprint density at radius 1 is 1.24 bits per heavy atom. The molecule has 0 bridgehead atoms. The van der Waals surface area contributed by atoms with Crippen LogP contribution < -0.4 is 4.72 Å². The van der Waals surface area contributed by atoms with Gasteiger partial charge in [-0.2, -0.15) is 21.6 Å². The Morgan fingerprint density at radius 3 is 2.56 bits per heavy atom. The first kappa shape index (κ1) is 18.0. The molecule has 25 heavy (non-hydrogen) atoms. The predicted molar refractivity (Wildman–Crippen MR) is 90.3 cm³/mol. The summed E-state index contributed by atoms with van der Waals surface area (Å²) in [4.78, 5) is 3.57. The zero-order valence-electron chi connectivity index (χ0n) is 12.8. The number of nitrogens with zero attached hydrogens (tertiary/aromatic N) is 4. The monoisotopic (exact) mass is 451 g/mol. The minimum Gasteiger partial charge on any atom is -0.234 e. The lowest BCUT2D eigenvalue weighted by Crippen LogP contribution is -2.27. The summed E-state index contributed by atoms with van der Waals surface area (Å²) in [5.41, 5.74) is 0.352. The fourth-order valence-corrected chi connectivity index (χ4v) is 4.90. The van der Waals surface area contributed by atoms with E-state index in [1.807, 2.05) is 4.72 Å². The quantitative estimate of drug-likeness (QED) is 0.632. The summed E-state index contributed by atoms with van der Waals surface area (Å²) in [7, 11) is -7.23. The largest absolute Gasteiger partial charge is 0.321 e. The van der Waals surface area contributed by atoms with Gasteiger partial charge in [0.25, 0.3) is 5.16 Å². The van der Waals surface area contributed by atoms with Crippen LogP contribution in [0.5, 0.6) is 0 Å². The molecule has 0 saturated heterocycles. The van der Waals surface area contributed by atoms with Gasteiger partial charge in [-0.25, -0.2) is 13.3 Å². The first-order chi connectivity index (χ1) is 11.6. The first-order valence-corrected chi connectivity index (χ1v) is 10.3. The third kappa shape index (κ3) is 2.76. The molecule has 0 amide bonds. The molecule has 2 heterocycles. The molecule has 1 N–H and O–H groups in total. The summed E-state index contributed by atoms with van der Waals surface area (Å²) < 4.78 is 66.5. The standard InChI is InChI=1S/C12H11BrFN5O4S2/c1-7-11(13)9-4-3-8(14)5-10(9)19(7)24(20,21)12-16-6-18(17-12)25(22,23)15-2/h3-6,15H,1-2H3. The van der Waals surface area contributed by atoms with Gasteiger partial charge in [0.1, 0.15) is 12.1 Å². The van der Waals surface area contributed by atoms with Gasteiger partial charge >= 0.3 is 20.2 Å². The van der Waals surface area contributed by atoms with Crippen LogP contribution in [-0.4, -0.2) is 42.0 Å². The molecule has 9 nitrogen and oxygen atoms in total. The van der Waals surface area contributed by atoms with Crippen molar-refractivity contribution in [2.45, 2.75) is 12.1 Å². The van der Waals surface area contributed by atoms with Crippen molar-refractivity contribution in [2.24, 2.45) is 0 Å². The van der Waals surface area contributed by atoms with E-state index in [0.717, 1.165) is 23.4 Å². The summed E-state index contributed by atoms with van der Waals surface area (Å²) in [6.07, 6.45) is 0.759. The molecule has 3 rings (SSSR count). The second-order valence-electron chi connectivity index (χ2n) is 4.94. The second-order valence-corrected chi connectivity index (χ2v) is 9.15. The highest BCUT2D eigenvalue weighted by atomic mass is 79.9. The summed E-state index contributed by atoms with van der Waals surface area (Å²) in [5, 5.41) is 3.26. The van der Waals surface area contributed by atoms with E-state index in [1.165, 1.54) is 19.1 Å². The number of hydrogen-bond donors (Lipinski definition) is 1. The van der Waals surface area contributed by atoms with Gasteiger partial charge in [0.15, 0.2) is 0 Å². The maximum Gasteiger partial charge on any atom is 0.321 e. The lowest BCUT2D eigenvalue weighted by atomic mass is 10.2. The lowest BCUT2D eigenvalue weighted by Gasteiger charge is -2.06. The molecule has 0 atom stereocenters. The van der Waals surface area contributed by atoms with E-state index in [2.05, 4.69) is 26.0 Å².